The molecule has 19 heavy (non-hydrogen) atoms. The Kier molecular flexibility index (Phi) is 5.89. The van der Waals surface area contributed by atoms with Gasteiger partial charge in [-0.1, -0.05) is 0 Å². The van der Waals surface area contributed by atoms with Gasteiger partial charge >= 0.3 is 5.97 Å². The van der Waals surface area contributed by atoms with E-state index < -0.39 is 5.97 Å². The average molecular weight is 261 g/mol. The van der Waals surface area contributed by atoms with Gasteiger partial charge in [0.05, 0.1) is 18.9 Å². The molecule has 6 nitrogen and oxygen atoms in total. The maximum atomic E-state index is 11.1. The standard InChI is InChI=1S/C13H15N3O3/c1-3-18-12-6-5-10(11(9-14)16-12)15-8-7-13(17)19-4-2/h5-8,15H,3-4H2,1-2H3. The van der Waals surface area contributed by atoms with Crippen LogP contribution in [-0.4, -0.2) is 24.2 Å². The molecule has 1 aromatic heterocycles. The quantitative estimate of drug-likeness (QED) is 0.621. The number of nitrogens with zero attached hydrogens (tertiary/aromatic N) is 2. The van der Waals surface area contributed by atoms with E-state index in [4.69, 9.17) is 14.7 Å². The van der Waals surface area contributed by atoms with Crippen molar-refractivity contribution in [3.05, 3.63) is 30.1 Å². The van der Waals surface area contributed by atoms with Crippen molar-refractivity contribution >= 4 is 11.7 Å². The van der Waals surface area contributed by atoms with E-state index in [1.54, 1.807) is 19.1 Å². The number of hydrogen-bond acceptors (Lipinski definition) is 6. The highest BCUT2D eigenvalue weighted by Crippen LogP contribution is 2.17. The summed E-state index contributed by atoms with van der Waals surface area (Å²) in [5, 5.41) is 11.8. The van der Waals surface area contributed by atoms with Crippen LogP contribution in [0.1, 0.15) is 19.5 Å². The first-order chi connectivity index (χ1) is 9.21. The first-order valence-corrected chi connectivity index (χ1v) is 5.85. The molecule has 0 bridgehead atoms. The Morgan fingerprint density at radius 1 is 1.47 bits per heavy atom. The first kappa shape index (κ1) is 14.5. The molecule has 0 unspecified atom stereocenters. The third-order valence-electron chi connectivity index (χ3n) is 2.01. The predicted molar refractivity (Wildman–Crippen MR) is 69.5 cm³/mol. The molecule has 0 amide bonds. The number of pyridine rings is 1. The highest BCUT2D eigenvalue weighted by molar-refractivity contribution is 5.82. The SMILES string of the molecule is CCOC(=O)C=CNc1ccc(OCC)nc1C#N. The van der Waals surface area contributed by atoms with E-state index in [0.29, 0.717) is 24.8 Å². The van der Waals surface area contributed by atoms with Gasteiger partial charge in [0.15, 0.2) is 5.69 Å². The van der Waals surface area contributed by atoms with Gasteiger partial charge in [-0.2, -0.15) is 5.26 Å². The monoisotopic (exact) mass is 261 g/mol. The summed E-state index contributed by atoms with van der Waals surface area (Å²) in [6.07, 6.45) is 2.64. The van der Waals surface area contributed by atoms with E-state index in [-0.39, 0.29) is 5.69 Å². The number of rotatable bonds is 6. The lowest BCUT2D eigenvalue weighted by molar-refractivity contribution is -0.137. The van der Waals surface area contributed by atoms with Crippen LogP contribution in [0.3, 0.4) is 0 Å². The maximum absolute atomic E-state index is 11.1. The fourth-order valence-corrected chi connectivity index (χ4v) is 1.26. The van der Waals surface area contributed by atoms with Crippen molar-refractivity contribution in [2.45, 2.75) is 13.8 Å². The summed E-state index contributed by atoms with van der Waals surface area (Å²) in [5.41, 5.74) is 0.686. The van der Waals surface area contributed by atoms with E-state index >= 15 is 0 Å². The van der Waals surface area contributed by atoms with Crippen molar-refractivity contribution in [1.29, 1.82) is 5.26 Å². The molecular formula is C13H15N3O3. The van der Waals surface area contributed by atoms with Crippen LogP contribution < -0.4 is 10.1 Å². The Hall–Kier alpha value is -2.55. The molecule has 100 valence electrons. The lowest BCUT2D eigenvalue weighted by Crippen LogP contribution is -2.02. The smallest absolute Gasteiger partial charge is 0.332 e. The molecule has 0 aliphatic carbocycles. The number of nitriles is 1. The zero-order valence-corrected chi connectivity index (χ0v) is 10.8. The third kappa shape index (κ3) is 4.68. The van der Waals surface area contributed by atoms with Crippen molar-refractivity contribution in [2.24, 2.45) is 0 Å². The Morgan fingerprint density at radius 2 is 2.26 bits per heavy atom. The van der Waals surface area contributed by atoms with Crippen LogP contribution in [0.15, 0.2) is 24.4 Å². The molecule has 0 fully saturated rings. The molecule has 0 atom stereocenters. The van der Waals surface area contributed by atoms with Gasteiger partial charge in [0.1, 0.15) is 6.07 Å². The second-order valence-corrected chi connectivity index (χ2v) is 3.32. The number of esters is 1. The average Bonchev–Trinajstić information content (AvgIpc) is 2.40. The van der Waals surface area contributed by atoms with Crippen LogP contribution in [0.2, 0.25) is 0 Å². The summed E-state index contributed by atoms with van der Waals surface area (Å²) < 4.78 is 9.92. The molecule has 6 heteroatoms. The minimum atomic E-state index is -0.451. The summed E-state index contributed by atoms with van der Waals surface area (Å²) in [6, 6.07) is 5.26. The van der Waals surface area contributed by atoms with Gasteiger partial charge in [0, 0.05) is 18.3 Å². The normalized spacial score (nSPS) is 9.95. The van der Waals surface area contributed by atoms with E-state index in [0.717, 1.165) is 0 Å². The Bertz CT molecular complexity index is 506. The number of aromatic nitrogens is 1. The van der Waals surface area contributed by atoms with E-state index in [1.165, 1.54) is 12.3 Å². The van der Waals surface area contributed by atoms with Crippen molar-refractivity contribution in [3.8, 4) is 11.9 Å². The molecule has 0 spiro atoms. The number of hydrogen-bond donors (Lipinski definition) is 1. The number of anilines is 1. The topological polar surface area (TPSA) is 84.2 Å². The largest absolute Gasteiger partial charge is 0.478 e. The molecule has 1 heterocycles. The minimum absolute atomic E-state index is 0.194. The first-order valence-electron chi connectivity index (χ1n) is 5.85. The lowest BCUT2D eigenvalue weighted by atomic mass is 10.3. The van der Waals surface area contributed by atoms with Crippen LogP contribution >= 0.6 is 0 Å². The fourth-order valence-electron chi connectivity index (χ4n) is 1.26. The van der Waals surface area contributed by atoms with Crippen LogP contribution in [0, 0.1) is 11.3 Å². The number of carbonyl (C=O) groups is 1. The molecule has 1 rings (SSSR count). The van der Waals surface area contributed by atoms with Gasteiger partial charge in [-0.3, -0.25) is 0 Å². The van der Waals surface area contributed by atoms with Gasteiger partial charge in [-0.05, 0) is 19.9 Å². The van der Waals surface area contributed by atoms with Crippen LogP contribution in [0.25, 0.3) is 0 Å². The third-order valence-corrected chi connectivity index (χ3v) is 2.01. The van der Waals surface area contributed by atoms with Crippen molar-refractivity contribution in [1.82, 2.24) is 4.98 Å². The maximum Gasteiger partial charge on any atom is 0.332 e. The lowest BCUT2D eigenvalue weighted by Gasteiger charge is -2.06. The summed E-state index contributed by atoms with van der Waals surface area (Å²) in [4.78, 5) is 15.1. The Balaban J connectivity index is 2.73. The highest BCUT2D eigenvalue weighted by atomic mass is 16.5. The molecule has 1 aromatic rings. The van der Waals surface area contributed by atoms with Gasteiger partial charge in [0.2, 0.25) is 5.88 Å². The molecule has 0 aliphatic rings. The second kappa shape index (κ2) is 7.71. The molecule has 0 radical (unpaired) electrons. The highest BCUT2D eigenvalue weighted by Gasteiger charge is 2.04. The van der Waals surface area contributed by atoms with E-state index in [2.05, 4.69) is 10.3 Å². The van der Waals surface area contributed by atoms with Gasteiger partial charge < -0.3 is 14.8 Å². The Morgan fingerprint density at radius 3 is 2.89 bits per heavy atom. The van der Waals surface area contributed by atoms with Gasteiger partial charge in [-0.15, -0.1) is 0 Å². The minimum Gasteiger partial charge on any atom is -0.478 e. The molecule has 0 aromatic carbocycles. The van der Waals surface area contributed by atoms with Gasteiger partial charge in [-0.25, -0.2) is 9.78 Å². The summed E-state index contributed by atoms with van der Waals surface area (Å²) >= 11 is 0. The summed E-state index contributed by atoms with van der Waals surface area (Å²) in [6.45, 7) is 4.36. The van der Waals surface area contributed by atoms with Crippen molar-refractivity contribution in [2.75, 3.05) is 18.5 Å². The van der Waals surface area contributed by atoms with Crippen LogP contribution in [-0.2, 0) is 9.53 Å². The Labute approximate surface area is 111 Å². The van der Waals surface area contributed by atoms with E-state index in [1.807, 2.05) is 13.0 Å². The zero-order valence-electron chi connectivity index (χ0n) is 10.8. The fraction of sp³-hybridized carbons (Fsp3) is 0.308. The number of ether oxygens (including phenoxy) is 2. The van der Waals surface area contributed by atoms with Gasteiger partial charge in [0.25, 0.3) is 0 Å². The zero-order chi connectivity index (χ0) is 14.1. The van der Waals surface area contributed by atoms with Crippen LogP contribution in [0.4, 0.5) is 5.69 Å². The number of carbonyl (C=O) groups excluding carboxylic acids is 1. The summed E-state index contributed by atoms with van der Waals surface area (Å²) in [7, 11) is 0. The molecular weight excluding hydrogens is 246 g/mol. The van der Waals surface area contributed by atoms with Crippen molar-refractivity contribution in [3.63, 3.8) is 0 Å². The molecule has 0 aliphatic heterocycles. The second-order valence-electron chi connectivity index (χ2n) is 3.32. The predicted octanol–water partition coefficient (Wildman–Crippen LogP) is 1.84. The van der Waals surface area contributed by atoms with Crippen LogP contribution in [0.5, 0.6) is 5.88 Å². The van der Waals surface area contributed by atoms with Crippen molar-refractivity contribution < 1.29 is 14.3 Å². The summed E-state index contributed by atoms with van der Waals surface area (Å²) in [5.74, 6) is -0.0635. The molecule has 0 saturated carbocycles. The number of nitrogens with one attached hydrogen (secondary N) is 1. The van der Waals surface area contributed by atoms with E-state index in [9.17, 15) is 4.79 Å². The molecule has 0 saturated heterocycles. The molecule has 1 N–H and O–H groups in total.